The molecule has 1 heterocycles. The summed E-state index contributed by atoms with van der Waals surface area (Å²) < 4.78 is 0. The van der Waals surface area contributed by atoms with Gasteiger partial charge in [-0.25, -0.2) is 4.98 Å². The molecule has 0 aliphatic rings. The molecule has 0 fully saturated rings. The number of carbonyl (C=O) groups is 1. The first-order valence-electron chi connectivity index (χ1n) is 6.62. The molecule has 1 amide bonds. The van der Waals surface area contributed by atoms with Crippen LogP contribution in [0.5, 0.6) is 0 Å². The molecular formula is C15H19N3OS. The molecule has 0 saturated carbocycles. The van der Waals surface area contributed by atoms with E-state index in [0.717, 1.165) is 22.7 Å². The Hall–Kier alpha value is -1.88. The van der Waals surface area contributed by atoms with Gasteiger partial charge in [-0.3, -0.25) is 4.79 Å². The summed E-state index contributed by atoms with van der Waals surface area (Å²) in [5.74, 6) is -0.117. The number of hydrogen-bond acceptors (Lipinski definition) is 4. The predicted octanol–water partition coefficient (Wildman–Crippen LogP) is 3.09. The Kier molecular flexibility index (Phi) is 4.39. The summed E-state index contributed by atoms with van der Waals surface area (Å²) in [4.78, 5) is 16.8. The van der Waals surface area contributed by atoms with Gasteiger partial charge in [0.2, 0.25) is 0 Å². The summed E-state index contributed by atoms with van der Waals surface area (Å²) >= 11 is 1.62. The maximum Gasteiger partial charge on any atom is 0.252 e. The number of carbonyl (C=O) groups excluding carboxylic acids is 1. The van der Waals surface area contributed by atoms with Gasteiger partial charge < -0.3 is 11.1 Å². The Balaban J connectivity index is 2.12. The quantitative estimate of drug-likeness (QED) is 0.850. The number of thiazole rings is 1. The Bertz CT molecular complexity index is 621. The fraction of sp³-hybridized carbons (Fsp3) is 0.333. The molecule has 3 N–H and O–H groups in total. The Morgan fingerprint density at radius 2 is 2.25 bits per heavy atom. The lowest BCUT2D eigenvalue weighted by Gasteiger charge is -2.13. The number of nitrogen functional groups attached to an aromatic ring is 1. The molecule has 0 aliphatic carbocycles. The summed E-state index contributed by atoms with van der Waals surface area (Å²) in [6, 6.07) is 5.24. The minimum absolute atomic E-state index is 0.111. The molecule has 2 rings (SSSR count). The number of aromatic nitrogens is 1. The second kappa shape index (κ2) is 6.05. The zero-order valence-electron chi connectivity index (χ0n) is 11.9. The Morgan fingerprint density at radius 1 is 1.50 bits per heavy atom. The minimum Gasteiger partial charge on any atom is -0.399 e. The highest BCUT2D eigenvalue weighted by atomic mass is 32.1. The molecule has 0 saturated heterocycles. The van der Waals surface area contributed by atoms with Gasteiger partial charge in [-0.05, 0) is 38.0 Å². The van der Waals surface area contributed by atoms with Crippen LogP contribution >= 0.6 is 11.3 Å². The molecule has 5 heteroatoms. The van der Waals surface area contributed by atoms with Crippen LogP contribution in [0.15, 0.2) is 23.6 Å². The van der Waals surface area contributed by atoms with Crippen LogP contribution in [-0.2, 0) is 6.42 Å². The zero-order chi connectivity index (χ0) is 14.7. The molecule has 0 radical (unpaired) electrons. The van der Waals surface area contributed by atoms with Crippen molar-refractivity contribution in [2.45, 2.75) is 33.2 Å². The largest absolute Gasteiger partial charge is 0.399 e. The van der Waals surface area contributed by atoms with Gasteiger partial charge in [0.05, 0.1) is 16.7 Å². The number of aryl methyl sites for hydroxylation is 2. The molecule has 1 unspecified atom stereocenters. The second-order valence-electron chi connectivity index (χ2n) is 4.79. The van der Waals surface area contributed by atoms with Gasteiger partial charge in [-0.2, -0.15) is 0 Å². The van der Waals surface area contributed by atoms with Gasteiger partial charge >= 0.3 is 0 Å². The van der Waals surface area contributed by atoms with Crippen LogP contribution in [0.25, 0.3) is 0 Å². The SMILES string of the molecule is CCc1nc(C(C)NC(=O)c2cc(N)ccc2C)cs1. The van der Waals surface area contributed by atoms with Crippen molar-refractivity contribution in [1.82, 2.24) is 10.3 Å². The van der Waals surface area contributed by atoms with E-state index < -0.39 is 0 Å². The third kappa shape index (κ3) is 3.17. The lowest BCUT2D eigenvalue weighted by molar-refractivity contribution is 0.0938. The predicted molar refractivity (Wildman–Crippen MR) is 83.0 cm³/mol. The van der Waals surface area contributed by atoms with Crippen molar-refractivity contribution < 1.29 is 4.79 Å². The number of amides is 1. The fourth-order valence-corrected chi connectivity index (χ4v) is 2.76. The molecule has 0 spiro atoms. The monoisotopic (exact) mass is 289 g/mol. The van der Waals surface area contributed by atoms with Crippen molar-refractivity contribution in [1.29, 1.82) is 0 Å². The maximum absolute atomic E-state index is 12.3. The lowest BCUT2D eigenvalue weighted by Crippen LogP contribution is -2.27. The van der Waals surface area contributed by atoms with Crippen molar-refractivity contribution in [3.8, 4) is 0 Å². The molecular weight excluding hydrogens is 270 g/mol. The van der Waals surface area contributed by atoms with E-state index in [9.17, 15) is 4.79 Å². The van der Waals surface area contributed by atoms with Crippen molar-refractivity contribution in [2.24, 2.45) is 0 Å². The van der Waals surface area contributed by atoms with Crippen LogP contribution in [0.4, 0.5) is 5.69 Å². The van der Waals surface area contributed by atoms with E-state index in [1.54, 1.807) is 23.5 Å². The number of anilines is 1. The van der Waals surface area contributed by atoms with Crippen molar-refractivity contribution in [2.75, 3.05) is 5.73 Å². The van der Waals surface area contributed by atoms with E-state index in [1.165, 1.54) is 0 Å². The topological polar surface area (TPSA) is 68.0 Å². The number of hydrogen-bond donors (Lipinski definition) is 2. The molecule has 1 aromatic carbocycles. The van der Waals surface area contributed by atoms with Crippen LogP contribution < -0.4 is 11.1 Å². The summed E-state index contributed by atoms with van der Waals surface area (Å²) in [6.45, 7) is 5.91. The molecule has 1 aromatic heterocycles. The van der Waals surface area contributed by atoms with Gasteiger partial charge in [0.15, 0.2) is 0 Å². The van der Waals surface area contributed by atoms with Gasteiger partial charge in [0, 0.05) is 16.6 Å². The van der Waals surface area contributed by atoms with E-state index in [0.29, 0.717) is 11.3 Å². The number of nitrogens with zero attached hydrogens (tertiary/aromatic N) is 1. The molecule has 0 aliphatic heterocycles. The zero-order valence-corrected chi connectivity index (χ0v) is 12.8. The van der Waals surface area contributed by atoms with Gasteiger partial charge in [0.1, 0.15) is 0 Å². The Morgan fingerprint density at radius 3 is 2.90 bits per heavy atom. The summed E-state index contributed by atoms with van der Waals surface area (Å²) in [7, 11) is 0. The van der Waals surface area contributed by atoms with Crippen molar-refractivity contribution >= 4 is 22.9 Å². The van der Waals surface area contributed by atoms with E-state index in [1.807, 2.05) is 25.3 Å². The standard InChI is InChI=1S/C15H19N3OS/c1-4-14-18-13(8-20-14)10(3)17-15(19)12-7-11(16)6-5-9(12)2/h5-8,10H,4,16H2,1-3H3,(H,17,19). The maximum atomic E-state index is 12.3. The third-order valence-corrected chi connectivity index (χ3v) is 4.18. The van der Waals surface area contributed by atoms with E-state index in [-0.39, 0.29) is 11.9 Å². The summed E-state index contributed by atoms with van der Waals surface area (Å²) in [6.07, 6.45) is 0.916. The van der Waals surface area contributed by atoms with E-state index >= 15 is 0 Å². The summed E-state index contributed by atoms with van der Waals surface area (Å²) in [5.41, 5.74) is 8.76. The average Bonchev–Trinajstić information content (AvgIpc) is 2.90. The summed E-state index contributed by atoms with van der Waals surface area (Å²) in [5, 5.41) is 6.05. The molecule has 20 heavy (non-hydrogen) atoms. The third-order valence-electron chi connectivity index (χ3n) is 3.17. The molecule has 106 valence electrons. The highest BCUT2D eigenvalue weighted by molar-refractivity contribution is 7.09. The van der Waals surface area contributed by atoms with Crippen molar-refractivity contribution in [3.63, 3.8) is 0 Å². The number of benzene rings is 1. The Labute approximate surface area is 123 Å². The van der Waals surface area contributed by atoms with E-state index in [2.05, 4.69) is 17.2 Å². The normalized spacial score (nSPS) is 12.2. The first-order chi connectivity index (χ1) is 9.51. The van der Waals surface area contributed by atoms with Crippen LogP contribution in [0.2, 0.25) is 0 Å². The highest BCUT2D eigenvalue weighted by Crippen LogP contribution is 2.18. The lowest BCUT2D eigenvalue weighted by atomic mass is 10.1. The van der Waals surface area contributed by atoms with Gasteiger partial charge in [-0.15, -0.1) is 11.3 Å². The van der Waals surface area contributed by atoms with E-state index in [4.69, 9.17) is 5.73 Å². The average molecular weight is 289 g/mol. The fourth-order valence-electron chi connectivity index (χ4n) is 1.92. The second-order valence-corrected chi connectivity index (χ2v) is 5.73. The van der Waals surface area contributed by atoms with Crippen LogP contribution in [0.3, 0.4) is 0 Å². The number of nitrogens with two attached hydrogens (primary N) is 1. The first kappa shape index (κ1) is 14.5. The number of rotatable bonds is 4. The molecule has 1 atom stereocenters. The molecule has 4 nitrogen and oxygen atoms in total. The van der Waals surface area contributed by atoms with Gasteiger partial charge in [0.25, 0.3) is 5.91 Å². The highest BCUT2D eigenvalue weighted by Gasteiger charge is 2.15. The van der Waals surface area contributed by atoms with Crippen LogP contribution in [0, 0.1) is 6.92 Å². The molecule has 0 bridgehead atoms. The van der Waals surface area contributed by atoms with Crippen LogP contribution in [-0.4, -0.2) is 10.9 Å². The minimum atomic E-state index is -0.117. The smallest absolute Gasteiger partial charge is 0.252 e. The number of nitrogens with one attached hydrogen (secondary N) is 1. The van der Waals surface area contributed by atoms with Crippen molar-refractivity contribution in [3.05, 3.63) is 45.4 Å². The molecule has 2 aromatic rings. The van der Waals surface area contributed by atoms with Gasteiger partial charge in [-0.1, -0.05) is 13.0 Å². The first-order valence-corrected chi connectivity index (χ1v) is 7.50. The van der Waals surface area contributed by atoms with Crippen LogP contribution in [0.1, 0.15) is 46.5 Å².